The molecule has 5 nitrogen and oxygen atoms in total. The van der Waals surface area contributed by atoms with Gasteiger partial charge < -0.3 is 0 Å². The van der Waals surface area contributed by atoms with Gasteiger partial charge in [0.15, 0.2) is 0 Å². The minimum atomic E-state index is -3.22. The molecule has 1 saturated heterocycles. The Morgan fingerprint density at radius 3 is 2.49 bits per heavy atom. The van der Waals surface area contributed by atoms with Gasteiger partial charge in [0.2, 0.25) is 10.0 Å². The van der Waals surface area contributed by atoms with E-state index in [4.69, 9.17) is 0 Å². The summed E-state index contributed by atoms with van der Waals surface area (Å²) < 4.78 is 43.3. The Balaban J connectivity index is 1.34. The van der Waals surface area contributed by atoms with Crippen molar-refractivity contribution in [3.05, 3.63) is 95.4 Å². The molecule has 178 valence electrons. The van der Waals surface area contributed by atoms with Crippen LogP contribution in [-0.2, 0) is 15.4 Å². The quantitative estimate of drug-likeness (QED) is 0.401. The molecule has 2 heterocycles. The number of fused-ring (bicyclic) bond motifs is 2. The van der Waals surface area contributed by atoms with E-state index in [1.54, 1.807) is 16.4 Å². The average Bonchev–Trinajstić information content (AvgIpc) is 3.74. The standard InChI is InChI=1S/C28H26FN3O2S/c1-18-13-26-20(15-30-32(26)22-9-7-21(29)8-10-22)14-24(18)28-17-31(35(33,34)23-11-12-23)16-25(28)27(28)19-5-3-2-4-6-19/h2-10,13-15,23,25,27H,11-12,16-17H2,1H3/t25-,27-,28+/m1/s1. The van der Waals surface area contributed by atoms with Crippen molar-refractivity contribution in [3.8, 4) is 5.69 Å². The molecule has 0 amide bonds. The third-order valence-electron chi connectivity index (χ3n) is 8.30. The Bertz CT molecular complexity index is 1560. The second-order valence-corrected chi connectivity index (χ2v) is 12.5. The number of rotatable bonds is 5. The molecule has 0 spiro atoms. The van der Waals surface area contributed by atoms with Gasteiger partial charge in [0, 0.05) is 29.8 Å². The monoisotopic (exact) mass is 487 g/mol. The summed E-state index contributed by atoms with van der Waals surface area (Å²) in [5.74, 6) is 0.292. The second-order valence-electron chi connectivity index (χ2n) is 10.3. The molecule has 35 heavy (non-hydrogen) atoms. The van der Waals surface area contributed by atoms with Crippen molar-refractivity contribution in [3.63, 3.8) is 0 Å². The Morgan fingerprint density at radius 2 is 1.77 bits per heavy atom. The predicted molar refractivity (Wildman–Crippen MR) is 134 cm³/mol. The minimum absolute atomic E-state index is 0.190. The van der Waals surface area contributed by atoms with E-state index in [1.807, 2.05) is 16.9 Å². The van der Waals surface area contributed by atoms with Crippen molar-refractivity contribution in [1.29, 1.82) is 0 Å². The molecule has 3 atom stereocenters. The zero-order valence-electron chi connectivity index (χ0n) is 19.4. The van der Waals surface area contributed by atoms with Crippen molar-refractivity contribution < 1.29 is 12.8 Å². The lowest BCUT2D eigenvalue weighted by Gasteiger charge is -2.25. The van der Waals surface area contributed by atoms with Gasteiger partial charge in [0.05, 0.1) is 22.7 Å². The van der Waals surface area contributed by atoms with Crippen LogP contribution in [0.2, 0.25) is 0 Å². The molecule has 3 aromatic carbocycles. The molecule has 0 unspecified atom stereocenters. The Labute approximate surface area is 204 Å². The van der Waals surface area contributed by atoms with Gasteiger partial charge in [-0.3, -0.25) is 0 Å². The van der Waals surface area contributed by atoms with Crippen LogP contribution in [0.25, 0.3) is 16.6 Å². The third kappa shape index (κ3) is 3.07. The molecule has 1 aromatic heterocycles. The van der Waals surface area contributed by atoms with Crippen LogP contribution < -0.4 is 0 Å². The maximum atomic E-state index is 13.4. The van der Waals surface area contributed by atoms with Crippen molar-refractivity contribution >= 4 is 20.9 Å². The highest BCUT2D eigenvalue weighted by Crippen LogP contribution is 2.70. The number of hydrogen-bond acceptors (Lipinski definition) is 3. The fourth-order valence-corrected chi connectivity index (χ4v) is 8.37. The maximum absolute atomic E-state index is 13.4. The summed E-state index contributed by atoms with van der Waals surface area (Å²) in [7, 11) is -3.22. The van der Waals surface area contributed by atoms with Gasteiger partial charge in [-0.25, -0.2) is 21.8 Å². The normalized spacial score (nSPS) is 26.2. The van der Waals surface area contributed by atoms with E-state index >= 15 is 0 Å². The molecular weight excluding hydrogens is 461 g/mol. The first-order chi connectivity index (χ1) is 16.9. The SMILES string of the molecule is Cc1cc2c(cnn2-c2ccc(F)cc2)cc1[C@@]12CN(S(=O)(=O)C3CC3)C[C@@H]1[C@H]2c1ccccc1. The molecule has 0 bridgehead atoms. The molecule has 4 aromatic rings. The molecule has 3 fully saturated rings. The van der Waals surface area contributed by atoms with E-state index in [1.165, 1.54) is 23.3 Å². The Morgan fingerprint density at radius 1 is 1.03 bits per heavy atom. The third-order valence-corrected chi connectivity index (χ3v) is 10.6. The largest absolute Gasteiger partial charge is 0.233 e. The summed E-state index contributed by atoms with van der Waals surface area (Å²) >= 11 is 0. The zero-order valence-corrected chi connectivity index (χ0v) is 20.2. The molecule has 0 N–H and O–H groups in total. The van der Waals surface area contributed by atoms with Crippen LogP contribution in [0.4, 0.5) is 4.39 Å². The first kappa shape index (κ1) is 21.3. The van der Waals surface area contributed by atoms with Crippen LogP contribution in [0.1, 0.15) is 35.4 Å². The van der Waals surface area contributed by atoms with Gasteiger partial charge in [0.25, 0.3) is 0 Å². The molecular formula is C28H26FN3O2S. The Hall–Kier alpha value is -3.03. The summed E-state index contributed by atoms with van der Waals surface area (Å²) in [4.78, 5) is 0. The fraction of sp³-hybridized carbons (Fsp3) is 0.321. The van der Waals surface area contributed by atoms with Crippen molar-refractivity contribution in [1.82, 2.24) is 14.1 Å². The van der Waals surface area contributed by atoms with E-state index in [0.717, 1.165) is 35.0 Å². The molecule has 2 aliphatic carbocycles. The lowest BCUT2D eigenvalue weighted by molar-refractivity contribution is 0.420. The van der Waals surface area contributed by atoms with E-state index in [2.05, 4.69) is 48.4 Å². The number of nitrogens with zero attached hydrogens (tertiary/aromatic N) is 3. The van der Waals surface area contributed by atoms with Gasteiger partial charge in [0.1, 0.15) is 5.82 Å². The lowest BCUT2D eigenvalue weighted by Crippen LogP contribution is -2.36. The van der Waals surface area contributed by atoms with Crippen LogP contribution in [0.5, 0.6) is 0 Å². The van der Waals surface area contributed by atoms with Crippen LogP contribution in [-0.4, -0.2) is 40.8 Å². The van der Waals surface area contributed by atoms with Crippen molar-refractivity contribution in [2.45, 2.75) is 36.3 Å². The molecule has 3 aliphatic rings. The number of halogens is 1. The van der Waals surface area contributed by atoms with Crippen LogP contribution >= 0.6 is 0 Å². The number of hydrogen-bond donors (Lipinski definition) is 0. The van der Waals surface area contributed by atoms with Gasteiger partial charge in [-0.2, -0.15) is 5.10 Å². The van der Waals surface area contributed by atoms with Gasteiger partial charge >= 0.3 is 0 Å². The second kappa shape index (κ2) is 7.24. The number of aryl methyl sites for hydroxylation is 1. The number of sulfonamides is 1. The summed E-state index contributed by atoms with van der Waals surface area (Å²) in [5, 5.41) is 5.41. The smallest absolute Gasteiger partial charge is 0.217 e. The highest BCUT2D eigenvalue weighted by molar-refractivity contribution is 7.90. The Kier molecular flexibility index (Phi) is 4.40. The maximum Gasteiger partial charge on any atom is 0.217 e. The predicted octanol–water partition coefficient (Wildman–Crippen LogP) is 4.93. The zero-order chi connectivity index (χ0) is 23.9. The van der Waals surface area contributed by atoms with Crippen LogP contribution in [0.15, 0.2) is 72.9 Å². The number of piperidine rings is 1. The highest BCUT2D eigenvalue weighted by atomic mass is 32.2. The molecule has 0 radical (unpaired) electrons. The van der Waals surface area contributed by atoms with Gasteiger partial charge in [-0.15, -0.1) is 0 Å². The number of aromatic nitrogens is 2. The van der Waals surface area contributed by atoms with Crippen molar-refractivity contribution in [2.75, 3.05) is 13.1 Å². The van der Waals surface area contributed by atoms with Crippen molar-refractivity contribution in [2.24, 2.45) is 5.92 Å². The molecule has 7 rings (SSSR count). The van der Waals surface area contributed by atoms with Gasteiger partial charge in [-0.05, 0) is 78.8 Å². The molecule has 1 aliphatic heterocycles. The summed E-state index contributed by atoms with van der Waals surface area (Å²) in [6.07, 6.45) is 3.42. The topological polar surface area (TPSA) is 55.2 Å². The minimum Gasteiger partial charge on any atom is -0.233 e. The number of benzene rings is 3. The lowest BCUT2D eigenvalue weighted by atomic mass is 9.87. The molecule has 2 saturated carbocycles. The summed E-state index contributed by atoms with van der Waals surface area (Å²) in [6, 6.07) is 21.2. The fourth-order valence-electron chi connectivity index (χ4n) is 6.46. The van der Waals surface area contributed by atoms with E-state index in [9.17, 15) is 12.8 Å². The highest BCUT2D eigenvalue weighted by Gasteiger charge is 2.72. The summed E-state index contributed by atoms with van der Waals surface area (Å²) in [6.45, 7) is 3.24. The van der Waals surface area contributed by atoms with Gasteiger partial charge in [-0.1, -0.05) is 30.3 Å². The van der Waals surface area contributed by atoms with Crippen LogP contribution in [0.3, 0.4) is 0 Å². The molecule has 7 heteroatoms. The van der Waals surface area contributed by atoms with E-state index < -0.39 is 10.0 Å². The van der Waals surface area contributed by atoms with E-state index in [0.29, 0.717) is 19.0 Å². The van der Waals surface area contributed by atoms with Crippen LogP contribution in [0, 0.1) is 18.7 Å². The summed E-state index contributed by atoms with van der Waals surface area (Å²) in [5.41, 5.74) is 5.18. The first-order valence-electron chi connectivity index (χ1n) is 12.2. The first-order valence-corrected chi connectivity index (χ1v) is 13.7. The van der Waals surface area contributed by atoms with E-state index in [-0.39, 0.29) is 22.4 Å². The average molecular weight is 488 g/mol.